The molecule has 2 aromatic heterocycles. The van der Waals surface area contributed by atoms with Gasteiger partial charge in [0.1, 0.15) is 0 Å². The van der Waals surface area contributed by atoms with Crippen molar-refractivity contribution in [2.24, 2.45) is 5.10 Å². The predicted octanol–water partition coefficient (Wildman–Crippen LogP) is 4.41. The summed E-state index contributed by atoms with van der Waals surface area (Å²) in [5.74, 6) is 0.187. The first-order valence-electron chi connectivity index (χ1n) is 8.01. The Balaban J connectivity index is 1.55. The first kappa shape index (κ1) is 18.6. The van der Waals surface area contributed by atoms with Crippen molar-refractivity contribution in [3.05, 3.63) is 56.7 Å². The second-order valence-corrected chi connectivity index (χ2v) is 9.85. The van der Waals surface area contributed by atoms with E-state index in [2.05, 4.69) is 31.2 Å². The van der Waals surface area contributed by atoms with Gasteiger partial charge in [0.2, 0.25) is 5.13 Å². The fraction of sp³-hybridized carbons (Fsp3) is 0.176. The first-order valence-corrected chi connectivity index (χ1v) is 11.5. The minimum absolute atomic E-state index is 0.0562. The van der Waals surface area contributed by atoms with E-state index in [9.17, 15) is 4.79 Å². The molecule has 2 N–H and O–H groups in total. The highest BCUT2D eigenvalue weighted by Crippen LogP contribution is 2.36. The quantitative estimate of drug-likeness (QED) is 0.547. The van der Waals surface area contributed by atoms with Gasteiger partial charge in [0.25, 0.3) is 5.91 Å². The molecule has 1 aliphatic rings. The number of rotatable bonds is 5. The van der Waals surface area contributed by atoms with Gasteiger partial charge < -0.3 is 5.73 Å². The molecule has 0 aliphatic carbocycles. The number of hydrogen-bond donors (Lipinski definition) is 1. The largest absolute Gasteiger partial charge is 0.374 e. The molecule has 1 aliphatic heterocycles. The lowest BCUT2D eigenvalue weighted by atomic mass is 10.0. The molecule has 1 aromatic carbocycles. The lowest BCUT2D eigenvalue weighted by Gasteiger charge is -2.20. The van der Waals surface area contributed by atoms with E-state index < -0.39 is 0 Å². The minimum Gasteiger partial charge on any atom is -0.374 e. The van der Waals surface area contributed by atoms with Gasteiger partial charge in [-0.2, -0.15) is 5.10 Å². The number of anilines is 1. The van der Waals surface area contributed by atoms with Crippen molar-refractivity contribution >= 4 is 67.1 Å². The third-order valence-corrected chi connectivity index (χ3v) is 7.33. The summed E-state index contributed by atoms with van der Waals surface area (Å²) in [6, 6.07) is 12.0. The molecule has 4 rings (SSSR count). The number of hydrogen-bond acceptors (Lipinski definition) is 8. The van der Waals surface area contributed by atoms with Crippen molar-refractivity contribution < 1.29 is 4.79 Å². The van der Waals surface area contributed by atoms with Gasteiger partial charge in [-0.25, -0.2) is 5.01 Å². The second kappa shape index (κ2) is 8.09. The highest BCUT2D eigenvalue weighted by molar-refractivity contribution is 9.10. The van der Waals surface area contributed by atoms with Gasteiger partial charge in [-0.05, 0) is 29.1 Å². The molecule has 0 radical (unpaired) electrons. The van der Waals surface area contributed by atoms with Crippen LogP contribution in [0.2, 0.25) is 0 Å². The van der Waals surface area contributed by atoms with E-state index in [0.29, 0.717) is 15.9 Å². The Morgan fingerprint density at radius 2 is 2.11 bits per heavy atom. The van der Waals surface area contributed by atoms with Crippen LogP contribution in [0.4, 0.5) is 5.13 Å². The van der Waals surface area contributed by atoms with Gasteiger partial charge in [-0.15, -0.1) is 21.5 Å². The molecule has 10 heteroatoms. The summed E-state index contributed by atoms with van der Waals surface area (Å²) >= 11 is 7.71. The molecule has 1 amide bonds. The van der Waals surface area contributed by atoms with E-state index in [1.165, 1.54) is 23.1 Å². The van der Waals surface area contributed by atoms with E-state index >= 15 is 0 Å². The summed E-state index contributed by atoms with van der Waals surface area (Å²) in [5.41, 5.74) is 7.54. The molecule has 0 saturated carbocycles. The summed E-state index contributed by atoms with van der Waals surface area (Å²) in [6.45, 7) is 0. The predicted molar refractivity (Wildman–Crippen MR) is 114 cm³/mol. The third kappa shape index (κ3) is 4.23. The topological polar surface area (TPSA) is 84.5 Å². The Hall–Kier alpha value is -1.75. The molecule has 0 bridgehead atoms. The van der Waals surface area contributed by atoms with Crippen LogP contribution < -0.4 is 5.73 Å². The number of halogens is 1. The van der Waals surface area contributed by atoms with Gasteiger partial charge in [-0.3, -0.25) is 4.79 Å². The number of benzene rings is 1. The Morgan fingerprint density at radius 1 is 1.30 bits per heavy atom. The normalized spacial score (nSPS) is 16.6. The van der Waals surface area contributed by atoms with Crippen molar-refractivity contribution in [1.82, 2.24) is 15.2 Å². The highest BCUT2D eigenvalue weighted by Gasteiger charge is 2.33. The van der Waals surface area contributed by atoms with Gasteiger partial charge in [0.15, 0.2) is 4.34 Å². The molecule has 0 spiro atoms. The van der Waals surface area contributed by atoms with Crippen molar-refractivity contribution in [2.45, 2.75) is 16.8 Å². The molecule has 3 aromatic rings. The van der Waals surface area contributed by atoms with Gasteiger partial charge >= 0.3 is 0 Å². The number of nitrogens with zero attached hydrogens (tertiary/aromatic N) is 4. The fourth-order valence-electron chi connectivity index (χ4n) is 2.73. The van der Waals surface area contributed by atoms with Crippen molar-refractivity contribution in [2.75, 3.05) is 11.5 Å². The molecule has 1 atom stereocenters. The van der Waals surface area contributed by atoms with Gasteiger partial charge in [0.05, 0.1) is 17.5 Å². The Morgan fingerprint density at radius 3 is 2.78 bits per heavy atom. The summed E-state index contributed by atoms with van der Waals surface area (Å²) in [4.78, 5) is 14.0. The SMILES string of the molecule is Nc1nnc(SCC(=O)N2N=C(c3ccc(Br)cc3)CC2c2cccs2)s1. The number of thiophene rings is 1. The standard InChI is InChI=1S/C17H14BrN5OS3/c18-11-5-3-10(4-6-11)12-8-13(14-2-1-7-25-14)23(22-12)15(24)9-26-17-21-20-16(19)27-17/h1-7,13H,8-9H2,(H2,19,20). The zero-order valence-corrected chi connectivity index (χ0v) is 17.9. The van der Waals surface area contributed by atoms with Crippen LogP contribution in [0, 0.1) is 0 Å². The number of carbonyl (C=O) groups is 1. The molecular weight excluding hydrogens is 466 g/mol. The van der Waals surface area contributed by atoms with E-state index in [4.69, 9.17) is 5.73 Å². The summed E-state index contributed by atoms with van der Waals surface area (Å²) in [7, 11) is 0. The van der Waals surface area contributed by atoms with E-state index in [1.54, 1.807) is 16.3 Å². The second-order valence-electron chi connectivity index (χ2n) is 5.72. The third-order valence-electron chi connectivity index (χ3n) is 3.96. The number of hydrazone groups is 1. The summed E-state index contributed by atoms with van der Waals surface area (Å²) in [6.07, 6.45) is 0.699. The Bertz CT molecular complexity index is 971. The number of thioether (sulfide) groups is 1. The van der Waals surface area contributed by atoms with Gasteiger partial charge in [-0.1, -0.05) is 57.2 Å². The molecule has 0 fully saturated rings. The van der Waals surface area contributed by atoms with Crippen molar-refractivity contribution in [1.29, 1.82) is 0 Å². The zero-order valence-electron chi connectivity index (χ0n) is 13.9. The maximum Gasteiger partial charge on any atom is 0.253 e. The molecule has 6 nitrogen and oxygen atoms in total. The van der Waals surface area contributed by atoms with E-state index in [0.717, 1.165) is 20.6 Å². The number of amides is 1. The van der Waals surface area contributed by atoms with Crippen LogP contribution in [0.3, 0.4) is 0 Å². The molecule has 1 unspecified atom stereocenters. The maximum atomic E-state index is 12.9. The van der Waals surface area contributed by atoms with Crippen LogP contribution in [0.5, 0.6) is 0 Å². The Labute approximate surface area is 176 Å². The number of carbonyl (C=O) groups excluding carboxylic acids is 1. The van der Waals surface area contributed by atoms with Crippen LogP contribution in [0.1, 0.15) is 22.9 Å². The zero-order chi connectivity index (χ0) is 18.8. The first-order chi connectivity index (χ1) is 13.1. The average molecular weight is 480 g/mol. The highest BCUT2D eigenvalue weighted by atomic mass is 79.9. The van der Waals surface area contributed by atoms with Crippen molar-refractivity contribution in [3.8, 4) is 0 Å². The molecule has 27 heavy (non-hydrogen) atoms. The lowest BCUT2D eigenvalue weighted by molar-refractivity contribution is -0.130. The van der Waals surface area contributed by atoms with Crippen LogP contribution in [0.25, 0.3) is 0 Å². The van der Waals surface area contributed by atoms with E-state index in [-0.39, 0.29) is 17.7 Å². The monoisotopic (exact) mass is 479 g/mol. The molecular formula is C17H14BrN5OS3. The fourth-order valence-corrected chi connectivity index (χ4v) is 5.29. The summed E-state index contributed by atoms with van der Waals surface area (Å²) < 4.78 is 1.70. The summed E-state index contributed by atoms with van der Waals surface area (Å²) in [5, 5.41) is 16.4. The van der Waals surface area contributed by atoms with Crippen LogP contribution in [-0.2, 0) is 4.79 Å². The molecule has 3 heterocycles. The van der Waals surface area contributed by atoms with Gasteiger partial charge in [0, 0.05) is 15.8 Å². The van der Waals surface area contributed by atoms with Crippen LogP contribution in [-0.4, -0.2) is 32.6 Å². The van der Waals surface area contributed by atoms with Crippen LogP contribution in [0.15, 0.2) is 55.7 Å². The average Bonchev–Trinajstić information content (AvgIpc) is 3.40. The smallest absolute Gasteiger partial charge is 0.253 e. The minimum atomic E-state index is -0.0729. The molecule has 138 valence electrons. The van der Waals surface area contributed by atoms with Crippen LogP contribution >= 0.6 is 50.4 Å². The maximum absolute atomic E-state index is 12.9. The number of aromatic nitrogens is 2. The number of nitrogen functional groups attached to an aromatic ring is 1. The Kier molecular flexibility index (Phi) is 5.58. The van der Waals surface area contributed by atoms with Crippen molar-refractivity contribution in [3.63, 3.8) is 0 Å². The van der Waals surface area contributed by atoms with E-state index in [1.807, 2.05) is 41.8 Å². The molecule has 0 saturated heterocycles. The lowest BCUT2D eigenvalue weighted by Crippen LogP contribution is -2.28. The number of nitrogens with two attached hydrogens (primary N) is 1.